The molecule has 0 aliphatic rings. The van der Waals surface area contributed by atoms with Crippen LogP contribution in [0.3, 0.4) is 0 Å². The average Bonchev–Trinajstić information content (AvgIpc) is 2.64. The molecule has 0 spiro atoms. The van der Waals surface area contributed by atoms with Crippen molar-refractivity contribution >= 4 is 29.1 Å². The standard InChI is InChI=1S/C19H16ClFN4O/c20-16-4-2-1-3-14(16)12-22-17-9-10-18(25-24-17)23-19(26)11-13-5-7-15(21)8-6-13/h1-10H,11-12H2,(H,22,24)(H,23,25,26). The van der Waals surface area contributed by atoms with Gasteiger partial charge in [-0.2, -0.15) is 0 Å². The molecule has 0 radical (unpaired) electrons. The first-order chi connectivity index (χ1) is 12.6. The Morgan fingerprint density at radius 2 is 1.65 bits per heavy atom. The van der Waals surface area contributed by atoms with Crippen molar-refractivity contribution in [3.05, 3.63) is 82.6 Å². The quantitative estimate of drug-likeness (QED) is 0.686. The number of anilines is 2. The van der Waals surface area contributed by atoms with E-state index < -0.39 is 0 Å². The Labute approximate surface area is 155 Å². The van der Waals surface area contributed by atoms with Gasteiger partial charge < -0.3 is 10.6 Å². The van der Waals surface area contributed by atoms with E-state index in [1.165, 1.54) is 12.1 Å². The predicted molar refractivity (Wildman–Crippen MR) is 99.5 cm³/mol. The summed E-state index contributed by atoms with van der Waals surface area (Å²) >= 11 is 6.10. The van der Waals surface area contributed by atoms with Crippen molar-refractivity contribution < 1.29 is 9.18 Å². The van der Waals surface area contributed by atoms with Crippen molar-refractivity contribution in [3.63, 3.8) is 0 Å². The Balaban J connectivity index is 1.53. The fourth-order valence-electron chi connectivity index (χ4n) is 2.30. The molecule has 1 heterocycles. The average molecular weight is 371 g/mol. The van der Waals surface area contributed by atoms with Gasteiger partial charge in [-0.05, 0) is 41.5 Å². The molecule has 0 aliphatic heterocycles. The highest BCUT2D eigenvalue weighted by Crippen LogP contribution is 2.16. The number of hydrogen-bond donors (Lipinski definition) is 2. The predicted octanol–water partition coefficient (Wildman–Crippen LogP) is 4.06. The second kappa shape index (κ2) is 8.40. The van der Waals surface area contributed by atoms with Gasteiger partial charge in [-0.3, -0.25) is 4.79 Å². The van der Waals surface area contributed by atoms with E-state index in [1.807, 2.05) is 24.3 Å². The minimum absolute atomic E-state index is 0.133. The van der Waals surface area contributed by atoms with Crippen LogP contribution in [-0.2, 0) is 17.8 Å². The zero-order valence-corrected chi connectivity index (χ0v) is 14.5. The number of hydrogen-bond acceptors (Lipinski definition) is 4. The molecule has 1 aromatic heterocycles. The van der Waals surface area contributed by atoms with E-state index in [9.17, 15) is 9.18 Å². The number of nitrogens with zero attached hydrogens (tertiary/aromatic N) is 2. The molecule has 0 aliphatic carbocycles. The van der Waals surface area contributed by atoms with Gasteiger partial charge in [0.15, 0.2) is 5.82 Å². The first kappa shape index (κ1) is 17.8. The number of aromatic nitrogens is 2. The largest absolute Gasteiger partial charge is 0.364 e. The molecule has 26 heavy (non-hydrogen) atoms. The second-order valence-corrected chi connectivity index (χ2v) is 6.01. The van der Waals surface area contributed by atoms with E-state index in [2.05, 4.69) is 20.8 Å². The molecule has 1 amide bonds. The lowest BCUT2D eigenvalue weighted by molar-refractivity contribution is -0.115. The van der Waals surface area contributed by atoms with E-state index in [0.29, 0.717) is 23.2 Å². The monoisotopic (exact) mass is 370 g/mol. The lowest BCUT2D eigenvalue weighted by Crippen LogP contribution is -2.16. The molecule has 2 N–H and O–H groups in total. The van der Waals surface area contributed by atoms with Gasteiger partial charge in [-0.1, -0.05) is 41.9 Å². The van der Waals surface area contributed by atoms with Gasteiger partial charge in [-0.25, -0.2) is 4.39 Å². The second-order valence-electron chi connectivity index (χ2n) is 5.60. The SMILES string of the molecule is O=C(Cc1ccc(F)cc1)Nc1ccc(NCc2ccccc2Cl)nn1. The van der Waals surface area contributed by atoms with Crippen molar-refractivity contribution in [1.29, 1.82) is 0 Å². The van der Waals surface area contributed by atoms with Crippen LogP contribution in [0.4, 0.5) is 16.0 Å². The van der Waals surface area contributed by atoms with Gasteiger partial charge in [-0.15, -0.1) is 10.2 Å². The highest BCUT2D eigenvalue weighted by Gasteiger charge is 2.06. The highest BCUT2D eigenvalue weighted by molar-refractivity contribution is 6.31. The summed E-state index contributed by atoms with van der Waals surface area (Å²) < 4.78 is 12.9. The molecule has 5 nitrogen and oxygen atoms in total. The molecule has 3 rings (SSSR count). The third kappa shape index (κ3) is 5.00. The summed E-state index contributed by atoms with van der Waals surface area (Å²) in [7, 11) is 0. The summed E-state index contributed by atoms with van der Waals surface area (Å²) in [5, 5.41) is 14.5. The first-order valence-electron chi connectivity index (χ1n) is 7.95. The molecular formula is C19H16ClFN4O. The molecular weight excluding hydrogens is 355 g/mol. The van der Waals surface area contributed by atoms with Crippen LogP contribution in [0.5, 0.6) is 0 Å². The fraction of sp³-hybridized carbons (Fsp3) is 0.105. The van der Waals surface area contributed by atoms with Gasteiger partial charge in [0.25, 0.3) is 0 Å². The molecule has 3 aromatic rings. The smallest absolute Gasteiger partial charge is 0.229 e. The minimum Gasteiger partial charge on any atom is -0.364 e. The molecule has 0 saturated carbocycles. The van der Waals surface area contributed by atoms with Crippen LogP contribution in [0, 0.1) is 5.82 Å². The molecule has 7 heteroatoms. The summed E-state index contributed by atoms with van der Waals surface area (Å²) in [6.07, 6.45) is 0.133. The molecule has 0 unspecified atom stereocenters. The van der Waals surface area contributed by atoms with Crippen LogP contribution in [0.1, 0.15) is 11.1 Å². The van der Waals surface area contributed by atoms with Gasteiger partial charge in [0.2, 0.25) is 5.91 Å². The van der Waals surface area contributed by atoms with Crippen LogP contribution in [0.25, 0.3) is 0 Å². The third-order valence-electron chi connectivity index (χ3n) is 3.63. The van der Waals surface area contributed by atoms with Crippen molar-refractivity contribution in [2.45, 2.75) is 13.0 Å². The van der Waals surface area contributed by atoms with Crippen LogP contribution in [0.15, 0.2) is 60.7 Å². The van der Waals surface area contributed by atoms with E-state index >= 15 is 0 Å². The Kier molecular flexibility index (Phi) is 5.76. The lowest BCUT2D eigenvalue weighted by Gasteiger charge is -2.08. The fourth-order valence-corrected chi connectivity index (χ4v) is 2.50. The zero-order valence-electron chi connectivity index (χ0n) is 13.7. The maximum atomic E-state index is 12.9. The maximum Gasteiger partial charge on any atom is 0.229 e. The minimum atomic E-state index is -0.333. The summed E-state index contributed by atoms with van der Waals surface area (Å²) in [6.45, 7) is 0.518. The van der Waals surface area contributed by atoms with Crippen LogP contribution < -0.4 is 10.6 Å². The van der Waals surface area contributed by atoms with E-state index in [1.54, 1.807) is 24.3 Å². The topological polar surface area (TPSA) is 66.9 Å². The summed E-state index contributed by atoms with van der Waals surface area (Å²) in [4.78, 5) is 12.0. The Morgan fingerprint density at radius 1 is 0.962 bits per heavy atom. The third-order valence-corrected chi connectivity index (χ3v) is 4.00. The van der Waals surface area contributed by atoms with Crippen molar-refractivity contribution in [2.24, 2.45) is 0 Å². The molecule has 2 aromatic carbocycles. The first-order valence-corrected chi connectivity index (χ1v) is 8.33. The van der Waals surface area contributed by atoms with Gasteiger partial charge in [0.1, 0.15) is 11.6 Å². The van der Waals surface area contributed by atoms with Crippen LogP contribution in [-0.4, -0.2) is 16.1 Å². The van der Waals surface area contributed by atoms with Crippen molar-refractivity contribution in [1.82, 2.24) is 10.2 Å². The van der Waals surface area contributed by atoms with Crippen molar-refractivity contribution in [2.75, 3.05) is 10.6 Å². The summed E-state index contributed by atoms with van der Waals surface area (Å²) in [5.41, 5.74) is 1.67. The zero-order chi connectivity index (χ0) is 18.4. The summed E-state index contributed by atoms with van der Waals surface area (Å²) in [5.74, 6) is 0.337. The lowest BCUT2D eigenvalue weighted by atomic mass is 10.1. The molecule has 0 atom stereocenters. The van der Waals surface area contributed by atoms with Crippen molar-refractivity contribution in [3.8, 4) is 0 Å². The molecule has 0 fully saturated rings. The van der Waals surface area contributed by atoms with E-state index in [-0.39, 0.29) is 18.1 Å². The van der Waals surface area contributed by atoms with Crippen LogP contribution >= 0.6 is 11.6 Å². The number of nitrogens with one attached hydrogen (secondary N) is 2. The molecule has 0 saturated heterocycles. The summed E-state index contributed by atoms with van der Waals surface area (Å²) in [6, 6.07) is 16.7. The normalized spacial score (nSPS) is 10.4. The number of benzene rings is 2. The number of amides is 1. The molecule has 0 bridgehead atoms. The Morgan fingerprint density at radius 3 is 2.35 bits per heavy atom. The van der Waals surface area contributed by atoms with Gasteiger partial charge in [0.05, 0.1) is 6.42 Å². The number of carbonyl (C=O) groups excluding carboxylic acids is 1. The number of halogens is 2. The Hall–Kier alpha value is -2.99. The number of carbonyl (C=O) groups is 1. The van der Waals surface area contributed by atoms with E-state index in [4.69, 9.17) is 11.6 Å². The Bertz CT molecular complexity index is 885. The van der Waals surface area contributed by atoms with Gasteiger partial charge in [0, 0.05) is 11.6 Å². The van der Waals surface area contributed by atoms with Gasteiger partial charge >= 0.3 is 0 Å². The highest BCUT2D eigenvalue weighted by atomic mass is 35.5. The van der Waals surface area contributed by atoms with E-state index in [0.717, 1.165) is 11.1 Å². The van der Waals surface area contributed by atoms with Crippen LogP contribution in [0.2, 0.25) is 5.02 Å². The number of rotatable bonds is 6. The maximum absolute atomic E-state index is 12.9. The molecule has 132 valence electrons.